The van der Waals surface area contributed by atoms with Gasteiger partial charge in [-0.1, -0.05) is 6.42 Å². The summed E-state index contributed by atoms with van der Waals surface area (Å²) in [6.07, 6.45) is 1.72. The molecule has 7 nitrogen and oxygen atoms in total. The van der Waals surface area contributed by atoms with Gasteiger partial charge >= 0.3 is 16.3 Å². The lowest BCUT2D eigenvalue weighted by Gasteiger charge is -2.35. The van der Waals surface area contributed by atoms with Crippen molar-refractivity contribution in [2.24, 2.45) is 5.14 Å². The van der Waals surface area contributed by atoms with Gasteiger partial charge < -0.3 is 4.74 Å². The Balaban J connectivity index is 2.88. The maximum absolute atomic E-state index is 11.9. The van der Waals surface area contributed by atoms with Crippen molar-refractivity contribution in [1.82, 2.24) is 9.42 Å². The molecule has 1 rings (SSSR count). The Hall–Kier alpha value is -0.860. The molecule has 0 aromatic carbocycles. The molecule has 0 saturated carbocycles. The van der Waals surface area contributed by atoms with Crippen LogP contribution in [-0.4, -0.2) is 42.6 Å². The van der Waals surface area contributed by atoms with E-state index < -0.39 is 21.9 Å². The van der Waals surface area contributed by atoms with E-state index >= 15 is 0 Å². The van der Waals surface area contributed by atoms with Crippen LogP contribution in [0.2, 0.25) is 0 Å². The van der Waals surface area contributed by atoms with Crippen molar-refractivity contribution < 1.29 is 17.9 Å². The Morgan fingerprint density at radius 1 is 1.22 bits per heavy atom. The van der Waals surface area contributed by atoms with Crippen LogP contribution in [-0.2, 0) is 14.9 Å². The van der Waals surface area contributed by atoms with Gasteiger partial charge in [0.05, 0.1) is 0 Å². The number of hydrazine groups is 1. The van der Waals surface area contributed by atoms with E-state index in [1.54, 1.807) is 20.8 Å². The molecule has 1 fully saturated rings. The number of nitrogens with two attached hydrogens (primary N) is 1. The van der Waals surface area contributed by atoms with Gasteiger partial charge in [0.2, 0.25) is 0 Å². The Kier molecular flexibility index (Phi) is 4.57. The minimum Gasteiger partial charge on any atom is -0.442 e. The Morgan fingerprint density at radius 2 is 1.72 bits per heavy atom. The summed E-state index contributed by atoms with van der Waals surface area (Å²) in [6.45, 7) is 5.97. The van der Waals surface area contributed by atoms with Crippen molar-refractivity contribution in [2.75, 3.05) is 13.1 Å². The van der Waals surface area contributed by atoms with Crippen molar-refractivity contribution in [1.29, 1.82) is 0 Å². The summed E-state index contributed by atoms with van der Waals surface area (Å²) in [5, 5.41) is 6.51. The molecule has 0 bridgehead atoms. The fourth-order valence-corrected chi connectivity index (χ4v) is 2.47. The van der Waals surface area contributed by atoms with E-state index in [1.807, 2.05) is 0 Å². The van der Waals surface area contributed by atoms with Gasteiger partial charge in [-0.25, -0.2) is 14.9 Å². The second kappa shape index (κ2) is 5.41. The lowest BCUT2D eigenvalue weighted by Crippen LogP contribution is -2.55. The predicted molar refractivity (Wildman–Crippen MR) is 66.6 cm³/mol. The molecule has 0 radical (unpaired) electrons. The molecular formula is C10H21N3O4S. The van der Waals surface area contributed by atoms with Gasteiger partial charge in [0.1, 0.15) is 5.60 Å². The van der Waals surface area contributed by atoms with Crippen molar-refractivity contribution in [3.05, 3.63) is 0 Å². The Labute approximate surface area is 108 Å². The molecule has 0 unspecified atom stereocenters. The second-order valence-corrected chi connectivity index (χ2v) is 6.66. The Morgan fingerprint density at radius 3 is 2.11 bits per heavy atom. The van der Waals surface area contributed by atoms with Crippen LogP contribution in [0, 0.1) is 0 Å². The van der Waals surface area contributed by atoms with Gasteiger partial charge in [-0.05, 0) is 33.6 Å². The SMILES string of the molecule is CC(C)(C)OC(=O)N(N1CCCCC1)S(N)(=O)=O. The van der Waals surface area contributed by atoms with Gasteiger partial charge in [0, 0.05) is 13.1 Å². The smallest absolute Gasteiger partial charge is 0.440 e. The highest BCUT2D eigenvalue weighted by Crippen LogP contribution is 2.17. The van der Waals surface area contributed by atoms with E-state index in [1.165, 1.54) is 5.01 Å². The van der Waals surface area contributed by atoms with E-state index in [0.717, 1.165) is 19.3 Å². The fraction of sp³-hybridized carbons (Fsp3) is 0.900. The van der Waals surface area contributed by atoms with Crippen LogP contribution in [0.3, 0.4) is 0 Å². The van der Waals surface area contributed by atoms with E-state index in [9.17, 15) is 13.2 Å². The van der Waals surface area contributed by atoms with Crippen molar-refractivity contribution in [3.8, 4) is 0 Å². The standard InChI is InChI=1S/C10H21N3O4S/c1-10(2,3)17-9(14)13(18(11,15)16)12-7-5-4-6-8-12/h4-8H2,1-3H3,(H2,11,15,16). The van der Waals surface area contributed by atoms with Crippen LogP contribution in [0.15, 0.2) is 0 Å². The molecule has 1 aliphatic heterocycles. The van der Waals surface area contributed by atoms with Gasteiger partial charge in [-0.2, -0.15) is 8.42 Å². The zero-order chi connectivity index (χ0) is 14.0. The molecule has 0 aromatic heterocycles. The van der Waals surface area contributed by atoms with Gasteiger partial charge in [-0.3, -0.25) is 0 Å². The van der Waals surface area contributed by atoms with Crippen molar-refractivity contribution in [2.45, 2.75) is 45.6 Å². The highest BCUT2D eigenvalue weighted by atomic mass is 32.2. The summed E-state index contributed by atoms with van der Waals surface area (Å²) >= 11 is 0. The average Bonchev–Trinajstić information content (AvgIpc) is 2.13. The third-order valence-electron chi connectivity index (χ3n) is 2.38. The van der Waals surface area contributed by atoms with Gasteiger partial charge in [0.25, 0.3) is 0 Å². The topological polar surface area (TPSA) is 92.9 Å². The summed E-state index contributed by atoms with van der Waals surface area (Å²) < 4.78 is 28.6. The maximum Gasteiger partial charge on any atom is 0.440 e. The highest BCUT2D eigenvalue weighted by Gasteiger charge is 2.35. The number of hydrogen-bond donors (Lipinski definition) is 1. The summed E-state index contributed by atoms with van der Waals surface area (Å²) in [5.74, 6) is 0. The number of amides is 1. The first kappa shape index (κ1) is 15.2. The van der Waals surface area contributed by atoms with Crippen LogP contribution in [0.5, 0.6) is 0 Å². The molecule has 0 atom stereocenters. The lowest BCUT2D eigenvalue weighted by molar-refractivity contribution is -0.0148. The monoisotopic (exact) mass is 279 g/mol. The van der Waals surface area contributed by atoms with Gasteiger partial charge in [0.15, 0.2) is 0 Å². The first-order chi connectivity index (χ1) is 8.11. The van der Waals surface area contributed by atoms with E-state index in [0.29, 0.717) is 17.5 Å². The predicted octanol–water partition coefficient (Wildman–Crippen LogP) is 0.828. The number of carbonyl (C=O) groups excluding carboxylic acids is 1. The molecule has 18 heavy (non-hydrogen) atoms. The summed E-state index contributed by atoms with van der Waals surface area (Å²) in [5.41, 5.74) is -0.768. The minimum atomic E-state index is -4.15. The molecule has 8 heteroatoms. The first-order valence-corrected chi connectivity index (χ1v) is 7.42. The minimum absolute atomic E-state index is 0.482. The third kappa shape index (κ3) is 4.43. The van der Waals surface area contributed by atoms with E-state index in [2.05, 4.69) is 0 Å². The van der Waals surface area contributed by atoms with Crippen LogP contribution in [0.25, 0.3) is 0 Å². The molecule has 0 aromatic rings. The molecule has 0 aliphatic carbocycles. The quantitative estimate of drug-likeness (QED) is 0.808. The molecular weight excluding hydrogens is 258 g/mol. The molecule has 1 amide bonds. The third-order valence-corrected chi connectivity index (χ3v) is 3.24. The second-order valence-electron chi connectivity index (χ2n) is 5.28. The van der Waals surface area contributed by atoms with Crippen LogP contribution in [0.4, 0.5) is 4.79 Å². The molecule has 1 saturated heterocycles. The van der Waals surface area contributed by atoms with Crippen LogP contribution in [0.1, 0.15) is 40.0 Å². The van der Waals surface area contributed by atoms with Crippen molar-refractivity contribution in [3.63, 3.8) is 0 Å². The largest absolute Gasteiger partial charge is 0.442 e. The number of rotatable bonds is 2. The molecule has 0 spiro atoms. The highest BCUT2D eigenvalue weighted by molar-refractivity contribution is 7.87. The van der Waals surface area contributed by atoms with Crippen LogP contribution < -0.4 is 5.14 Å². The molecule has 1 aliphatic rings. The number of ether oxygens (including phenoxy) is 1. The summed E-state index contributed by atoms with van der Waals surface area (Å²) in [7, 11) is -4.15. The zero-order valence-corrected chi connectivity index (χ0v) is 11.9. The maximum atomic E-state index is 11.9. The number of carbonyl (C=O) groups is 1. The molecule has 106 valence electrons. The molecule has 1 heterocycles. The average molecular weight is 279 g/mol. The number of hydrogen-bond acceptors (Lipinski definition) is 5. The number of nitrogens with zero attached hydrogens (tertiary/aromatic N) is 2. The number of piperidine rings is 1. The summed E-state index contributed by atoms with van der Waals surface area (Å²) in [4.78, 5) is 11.9. The lowest BCUT2D eigenvalue weighted by atomic mass is 10.2. The molecule has 2 N–H and O–H groups in total. The summed E-state index contributed by atoms with van der Waals surface area (Å²) in [6, 6.07) is 0. The van der Waals surface area contributed by atoms with Gasteiger partial charge in [-0.15, -0.1) is 4.41 Å². The van der Waals surface area contributed by atoms with E-state index in [-0.39, 0.29) is 0 Å². The van der Waals surface area contributed by atoms with Crippen molar-refractivity contribution >= 4 is 16.3 Å². The van der Waals surface area contributed by atoms with Crippen LogP contribution >= 0.6 is 0 Å². The normalized spacial score (nSPS) is 18.4. The van der Waals surface area contributed by atoms with E-state index in [4.69, 9.17) is 9.88 Å². The Bertz CT molecular complexity index is 396. The fourth-order valence-electron chi connectivity index (χ4n) is 1.74. The zero-order valence-electron chi connectivity index (χ0n) is 11.0. The first-order valence-electron chi connectivity index (χ1n) is 5.92.